The Hall–Kier alpha value is -0.970. The first kappa shape index (κ1) is 14.1. The van der Waals surface area contributed by atoms with E-state index in [0.29, 0.717) is 23.2 Å². The molecule has 0 spiro atoms. The van der Waals surface area contributed by atoms with E-state index < -0.39 is 0 Å². The second-order valence-electron chi connectivity index (χ2n) is 3.19. The van der Waals surface area contributed by atoms with Crippen LogP contribution >= 0.6 is 23.2 Å². The third-order valence-corrected chi connectivity index (χ3v) is 2.69. The molecule has 6 heteroatoms. The predicted molar refractivity (Wildman–Crippen MR) is 67.2 cm³/mol. The van der Waals surface area contributed by atoms with E-state index in [2.05, 4.69) is 5.32 Å². The second-order valence-corrected chi connectivity index (χ2v) is 4.00. The van der Waals surface area contributed by atoms with Gasteiger partial charge in [0, 0.05) is 13.7 Å². The highest BCUT2D eigenvalue weighted by molar-refractivity contribution is 6.37. The Morgan fingerprint density at radius 3 is 2.53 bits per heavy atom. The summed E-state index contributed by atoms with van der Waals surface area (Å²) in [5, 5.41) is 3.29. The van der Waals surface area contributed by atoms with Gasteiger partial charge in [-0.2, -0.15) is 0 Å². The summed E-state index contributed by atoms with van der Waals surface area (Å²) in [7, 11) is 2.99. The lowest BCUT2D eigenvalue weighted by atomic mass is 10.2. The molecule has 94 valence electrons. The molecule has 0 fully saturated rings. The molecule has 1 amide bonds. The Labute approximate surface area is 110 Å². The number of ether oxygens (including phenoxy) is 2. The standard InChI is InChI=1S/C11H13Cl2NO3/c1-16-6-5-14-11(15)9-7(12)3-4-8(13)10(9)17-2/h3-4H,5-6H2,1-2H3,(H,14,15). The molecular weight excluding hydrogens is 265 g/mol. The van der Waals surface area contributed by atoms with Gasteiger partial charge in [-0.15, -0.1) is 0 Å². The predicted octanol–water partition coefficient (Wildman–Crippen LogP) is 2.38. The van der Waals surface area contributed by atoms with Gasteiger partial charge < -0.3 is 14.8 Å². The van der Waals surface area contributed by atoms with E-state index in [1.807, 2.05) is 0 Å². The average molecular weight is 278 g/mol. The van der Waals surface area contributed by atoms with Crippen LogP contribution < -0.4 is 10.1 Å². The van der Waals surface area contributed by atoms with Crippen LogP contribution in [-0.2, 0) is 4.74 Å². The minimum absolute atomic E-state index is 0.234. The van der Waals surface area contributed by atoms with Crippen molar-refractivity contribution in [3.63, 3.8) is 0 Å². The number of benzene rings is 1. The number of carbonyl (C=O) groups excluding carboxylic acids is 1. The van der Waals surface area contributed by atoms with E-state index in [-0.39, 0.29) is 17.2 Å². The summed E-state index contributed by atoms with van der Waals surface area (Å²) in [5.74, 6) is -0.0690. The Balaban J connectivity index is 2.95. The monoisotopic (exact) mass is 277 g/mol. The zero-order valence-electron chi connectivity index (χ0n) is 9.55. The fraction of sp³-hybridized carbons (Fsp3) is 0.364. The van der Waals surface area contributed by atoms with Gasteiger partial charge in [0.2, 0.25) is 0 Å². The van der Waals surface area contributed by atoms with Crippen molar-refractivity contribution in [2.45, 2.75) is 0 Å². The number of carbonyl (C=O) groups is 1. The molecule has 0 aromatic heterocycles. The molecular formula is C11H13Cl2NO3. The van der Waals surface area contributed by atoms with Crippen molar-refractivity contribution in [2.24, 2.45) is 0 Å². The Morgan fingerprint density at radius 1 is 1.29 bits per heavy atom. The van der Waals surface area contributed by atoms with Crippen molar-refractivity contribution in [2.75, 3.05) is 27.4 Å². The van der Waals surface area contributed by atoms with Crippen LogP contribution in [0.3, 0.4) is 0 Å². The first-order chi connectivity index (χ1) is 8.11. The summed E-state index contributed by atoms with van der Waals surface area (Å²) >= 11 is 11.9. The van der Waals surface area contributed by atoms with Gasteiger partial charge in [0.1, 0.15) is 5.56 Å². The average Bonchev–Trinajstić information content (AvgIpc) is 2.31. The molecule has 0 unspecified atom stereocenters. The third kappa shape index (κ3) is 3.49. The largest absolute Gasteiger partial charge is 0.494 e. The topological polar surface area (TPSA) is 47.6 Å². The molecule has 0 radical (unpaired) electrons. The van der Waals surface area contributed by atoms with Gasteiger partial charge >= 0.3 is 0 Å². The van der Waals surface area contributed by atoms with Crippen LogP contribution in [-0.4, -0.2) is 33.3 Å². The van der Waals surface area contributed by atoms with Crippen molar-refractivity contribution in [1.29, 1.82) is 0 Å². The molecule has 1 aromatic rings. The molecule has 0 heterocycles. The quantitative estimate of drug-likeness (QED) is 0.841. The zero-order valence-corrected chi connectivity index (χ0v) is 11.1. The summed E-state index contributed by atoms with van der Waals surface area (Å²) in [6, 6.07) is 3.13. The summed E-state index contributed by atoms with van der Waals surface area (Å²) in [4.78, 5) is 11.9. The van der Waals surface area contributed by atoms with Crippen LogP contribution in [0.25, 0.3) is 0 Å². The van der Waals surface area contributed by atoms with E-state index in [4.69, 9.17) is 32.7 Å². The van der Waals surface area contributed by atoms with Crippen LogP contribution in [0.5, 0.6) is 5.75 Å². The van der Waals surface area contributed by atoms with Gasteiger partial charge in [-0.3, -0.25) is 4.79 Å². The van der Waals surface area contributed by atoms with Crippen molar-refractivity contribution >= 4 is 29.1 Å². The maximum absolute atomic E-state index is 11.9. The number of methoxy groups -OCH3 is 2. The molecule has 1 N–H and O–H groups in total. The summed E-state index contributed by atoms with van der Waals surface area (Å²) in [5.41, 5.74) is 0.234. The van der Waals surface area contributed by atoms with Crippen molar-refractivity contribution < 1.29 is 14.3 Å². The highest BCUT2D eigenvalue weighted by Gasteiger charge is 2.18. The zero-order chi connectivity index (χ0) is 12.8. The van der Waals surface area contributed by atoms with Gasteiger partial charge in [-0.05, 0) is 12.1 Å². The smallest absolute Gasteiger partial charge is 0.256 e. The molecule has 0 aliphatic carbocycles. The van der Waals surface area contributed by atoms with Gasteiger partial charge in [0.05, 0.1) is 23.8 Å². The molecule has 1 aromatic carbocycles. The normalized spacial score (nSPS) is 10.1. The molecule has 4 nitrogen and oxygen atoms in total. The van der Waals surface area contributed by atoms with Crippen LogP contribution in [0.4, 0.5) is 0 Å². The minimum atomic E-state index is -0.341. The lowest BCUT2D eigenvalue weighted by Gasteiger charge is -2.12. The number of halogens is 2. The Morgan fingerprint density at radius 2 is 1.94 bits per heavy atom. The summed E-state index contributed by atoms with van der Waals surface area (Å²) < 4.78 is 9.91. The lowest BCUT2D eigenvalue weighted by molar-refractivity contribution is 0.0934. The van der Waals surface area contributed by atoms with Crippen LogP contribution in [0.15, 0.2) is 12.1 Å². The Bertz CT molecular complexity index is 410. The van der Waals surface area contributed by atoms with Crippen molar-refractivity contribution in [3.8, 4) is 5.75 Å². The van der Waals surface area contributed by atoms with E-state index in [1.54, 1.807) is 19.2 Å². The summed E-state index contributed by atoms with van der Waals surface area (Å²) in [6.07, 6.45) is 0. The molecule has 0 saturated heterocycles. The molecule has 0 aliphatic rings. The molecule has 0 aliphatic heterocycles. The van der Waals surface area contributed by atoms with Gasteiger partial charge in [0.15, 0.2) is 5.75 Å². The number of rotatable bonds is 5. The highest BCUT2D eigenvalue weighted by Crippen LogP contribution is 2.33. The number of hydrogen-bond acceptors (Lipinski definition) is 3. The second kappa shape index (κ2) is 6.69. The molecule has 0 atom stereocenters. The van der Waals surface area contributed by atoms with Gasteiger partial charge in [0.25, 0.3) is 5.91 Å². The summed E-state index contributed by atoms with van der Waals surface area (Å²) in [6.45, 7) is 0.813. The molecule has 0 bridgehead atoms. The van der Waals surface area contributed by atoms with E-state index in [9.17, 15) is 4.79 Å². The number of hydrogen-bond donors (Lipinski definition) is 1. The van der Waals surface area contributed by atoms with Crippen LogP contribution in [0.1, 0.15) is 10.4 Å². The molecule has 0 saturated carbocycles. The maximum atomic E-state index is 11.9. The maximum Gasteiger partial charge on any atom is 0.256 e. The fourth-order valence-electron chi connectivity index (χ4n) is 1.30. The van der Waals surface area contributed by atoms with E-state index in [1.165, 1.54) is 7.11 Å². The van der Waals surface area contributed by atoms with Gasteiger partial charge in [-0.25, -0.2) is 0 Å². The van der Waals surface area contributed by atoms with Crippen LogP contribution in [0, 0.1) is 0 Å². The SMILES string of the molecule is COCCNC(=O)c1c(Cl)ccc(Cl)c1OC. The minimum Gasteiger partial charge on any atom is -0.494 e. The third-order valence-electron chi connectivity index (χ3n) is 2.08. The first-order valence-electron chi connectivity index (χ1n) is 4.91. The molecule has 1 rings (SSSR count). The fourth-order valence-corrected chi connectivity index (χ4v) is 1.77. The molecule has 17 heavy (non-hydrogen) atoms. The van der Waals surface area contributed by atoms with Gasteiger partial charge in [-0.1, -0.05) is 23.2 Å². The van der Waals surface area contributed by atoms with E-state index in [0.717, 1.165) is 0 Å². The lowest BCUT2D eigenvalue weighted by Crippen LogP contribution is -2.27. The van der Waals surface area contributed by atoms with E-state index >= 15 is 0 Å². The number of nitrogens with one attached hydrogen (secondary N) is 1. The Kier molecular flexibility index (Phi) is 5.55. The number of amides is 1. The van der Waals surface area contributed by atoms with Crippen molar-refractivity contribution in [1.82, 2.24) is 5.32 Å². The van der Waals surface area contributed by atoms with Crippen LogP contribution in [0.2, 0.25) is 10.0 Å². The van der Waals surface area contributed by atoms with Crippen molar-refractivity contribution in [3.05, 3.63) is 27.7 Å². The first-order valence-corrected chi connectivity index (χ1v) is 5.66. The highest BCUT2D eigenvalue weighted by atomic mass is 35.5.